The number of urea groups is 1. The minimum Gasteiger partial charge on any atom is -0.334 e. The number of rotatable bonds is 3. The van der Waals surface area contributed by atoms with E-state index in [1.165, 1.54) is 12.1 Å². The van der Waals surface area contributed by atoms with E-state index in [9.17, 15) is 9.18 Å². The molecule has 0 unspecified atom stereocenters. The molecule has 0 saturated heterocycles. The van der Waals surface area contributed by atoms with Gasteiger partial charge in [0.1, 0.15) is 18.0 Å². The van der Waals surface area contributed by atoms with Crippen LogP contribution in [0.4, 0.5) is 14.9 Å². The van der Waals surface area contributed by atoms with E-state index in [-0.39, 0.29) is 11.8 Å². The number of halogens is 1. The van der Waals surface area contributed by atoms with Crippen molar-refractivity contribution in [2.45, 2.75) is 13.0 Å². The lowest BCUT2D eigenvalue weighted by atomic mass is 10.2. The first-order valence-corrected chi connectivity index (χ1v) is 7.98. The van der Waals surface area contributed by atoms with Crippen molar-refractivity contribution in [3.8, 4) is 5.82 Å². The van der Waals surface area contributed by atoms with Gasteiger partial charge in [-0.25, -0.2) is 19.2 Å². The zero-order chi connectivity index (χ0) is 17.2. The van der Waals surface area contributed by atoms with Crippen LogP contribution in [0.2, 0.25) is 0 Å². The van der Waals surface area contributed by atoms with Crippen LogP contribution in [0.15, 0.2) is 55.2 Å². The van der Waals surface area contributed by atoms with Crippen molar-refractivity contribution in [1.29, 1.82) is 0 Å². The molecule has 25 heavy (non-hydrogen) atoms. The number of hydrogen-bond donors (Lipinski definition) is 1. The second-order valence-electron chi connectivity index (χ2n) is 5.83. The fourth-order valence-corrected chi connectivity index (χ4v) is 2.91. The highest BCUT2D eigenvalue weighted by Gasteiger charge is 2.24. The van der Waals surface area contributed by atoms with E-state index >= 15 is 0 Å². The Bertz CT molecular complexity index is 892. The monoisotopic (exact) mass is 337 g/mol. The molecule has 2 aromatic heterocycles. The average Bonchev–Trinajstić information content (AvgIpc) is 3.29. The molecule has 0 spiro atoms. The molecule has 0 radical (unpaired) electrons. The molecule has 0 fully saturated rings. The van der Waals surface area contributed by atoms with Crippen molar-refractivity contribution >= 4 is 11.7 Å². The first-order valence-electron chi connectivity index (χ1n) is 7.98. The fraction of sp³-hybridized carbons (Fsp3) is 0.167. The van der Waals surface area contributed by atoms with Gasteiger partial charge in [0.25, 0.3) is 0 Å². The molecular weight excluding hydrogens is 321 g/mol. The summed E-state index contributed by atoms with van der Waals surface area (Å²) in [6.07, 6.45) is 7.63. The lowest BCUT2D eigenvalue weighted by Crippen LogP contribution is -2.38. The molecule has 1 aromatic carbocycles. The van der Waals surface area contributed by atoms with Gasteiger partial charge in [0.15, 0.2) is 0 Å². The number of anilines is 1. The van der Waals surface area contributed by atoms with E-state index in [2.05, 4.69) is 15.3 Å². The molecule has 3 heterocycles. The van der Waals surface area contributed by atoms with Gasteiger partial charge in [-0.05, 0) is 35.7 Å². The van der Waals surface area contributed by atoms with Gasteiger partial charge < -0.3 is 5.32 Å². The van der Waals surface area contributed by atoms with Crippen LogP contribution < -0.4 is 10.2 Å². The van der Waals surface area contributed by atoms with Crippen molar-refractivity contribution in [3.63, 3.8) is 0 Å². The summed E-state index contributed by atoms with van der Waals surface area (Å²) in [6, 6.07) is 8.10. The number of imidazole rings is 1. The molecule has 1 aliphatic rings. The maximum Gasteiger partial charge on any atom is 0.322 e. The van der Waals surface area contributed by atoms with Crippen molar-refractivity contribution in [1.82, 2.24) is 19.9 Å². The van der Waals surface area contributed by atoms with Gasteiger partial charge in [0, 0.05) is 31.7 Å². The second kappa shape index (κ2) is 6.35. The van der Waals surface area contributed by atoms with Crippen LogP contribution in [-0.2, 0) is 13.0 Å². The summed E-state index contributed by atoms with van der Waals surface area (Å²) in [4.78, 5) is 22.3. The van der Waals surface area contributed by atoms with E-state index in [0.29, 0.717) is 18.8 Å². The van der Waals surface area contributed by atoms with Crippen LogP contribution in [0.5, 0.6) is 0 Å². The average molecular weight is 337 g/mol. The van der Waals surface area contributed by atoms with Gasteiger partial charge >= 0.3 is 6.03 Å². The van der Waals surface area contributed by atoms with E-state index in [1.807, 2.05) is 18.3 Å². The molecule has 0 bridgehead atoms. The topological polar surface area (TPSA) is 63.1 Å². The van der Waals surface area contributed by atoms with E-state index < -0.39 is 0 Å². The summed E-state index contributed by atoms with van der Waals surface area (Å²) < 4.78 is 15.2. The predicted molar refractivity (Wildman–Crippen MR) is 91.0 cm³/mol. The van der Waals surface area contributed by atoms with Crippen LogP contribution in [0.1, 0.15) is 11.1 Å². The molecule has 1 N–H and O–H groups in total. The summed E-state index contributed by atoms with van der Waals surface area (Å²) in [5.41, 5.74) is 2.52. The van der Waals surface area contributed by atoms with Gasteiger partial charge in [-0.15, -0.1) is 0 Å². The Hall–Kier alpha value is -3.22. The molecule has 0 atom stereocenters. The Kier molecular flexibility index (Phi) is 3.89. The molecule has 3 aromatic rings. The molecule has 0 aliphatic carbocycles. The van der Waals surface area contributed by atoms with Gasteiger partial charge in [0.05, 0.1) is 5.69 Å². The van der Waals surface area contributed by atoms with Crippen LogP contribution in [0.3, 0.4) is 0 Å². The molecule has 4 rings (SSSR count). The molecule has 1 aliphatic heterocycles. The SMILES string of the molecule is O=C(NCc1ccc(-n2ccnc2)nc1)N1CCc2ccc(F)cc21. The molecule has 126 valence electrons. The molecule has 7 heteroatoms. The number of aromatic nitrogens is 3. The van der Waals surface area contributed by atoms with Crippen molar-refractivity contribution in [3.05, 3.63) is 72.2 Å². The number of benzene rings is 1. The third-order valence-electron chi connectivity index (χ3n) is 4.21. The lowest BCUT2D eigenvalue weighted by Gasteiger charge is -2.18. The second-order valence-corrected chi connectivity index (χ2v) is 5.83. The smallest absolute Gasteiger partial charge is 0.322 e. The first-order chi connectivity index (χ1) is 12.2. The van der Waals surface area contributed by atoms with Gasteiger partial charge in [-0.2, -0.15) is 0 Å². The predicted octanol–water partition coefficient (Wildman–Crippen LogP) is 2.68. The Morgan fingerprint density at radius 2 is 2.20 bits per heavy atom. The zero-order valence-electron chi connectivity index (χ0n) is 13.4. The van der Waals surface area contributed by atoms with Crippen LogP contribution in [0, 0.1) is 5.82 Å². The van der Waals surface area contributed by atoms with Crippen LogP contribution in [-0.4, -0.2) is 27.1 Å². The number of carbonyl (C=O) groups is 1. The number of carbonyl (C=O) groups excluding carboxylic acids is 1. The lowest BCUT2D eigenvalue weighted by molar-refractivity contribution is 0.246. The minimum atomic E-state index is -0.335. The Balaban J connectivity index is 1.41. The molecule has 6 nitrogen and oxygen atoms in total. The van der Waals surface area contributed by atoms with Crippen molar-refractivity contribution in [2.24, 2.45) is 0 Å². The Morgan fingerprint density at radius 3 is 2.96 bits per heavy atom. The summed E-state index contributed by atoms with van der Waals surface area (Å²) in [5, 5.41) is 2.86. The highest BCUT2D eigenvalue weighted by Crippen LogP contribution is 2.28. The standard InChI is InChI=1S/C18H16FN5O/c19-15-3-2-14-5-7-24(16(14)9-15)18(25)22-11-13-1-4-17(21-10-13)23-8-6-20-12-23/h1-4,6,8-10,12H,5,7,11H2,(H,22,25). The van der Waals surface area contributed by atoms with Crippen molar-refractivity contribution in [2.75, 3.05) is 11.4 Å². The van der Waals surface area contributed by atoms with Crippen LogP contribution in [0.25, 0.3) is 5.82 Å². The van der Waals surface area contributed by atoms with Gasteiger partial charge in [0.2, 0.25) is 0 Å². The maximum atomic E-state index is 13.4. The zero-order valence-corrected chi connectivity index (χ0v) is 13.4. The number of hydrogen-bond acceptors (Lipinski definition) is 3. The molecule has 0 saturated carbocycles. The summed E-state index contributed by atoms with van der Waals surface area (Å²) in [6.45, 7) is 0.916. The largest absolute Gasteiger partial charge is 0.334 e. The normalized spacial score (nSPS) is 12.9. The number of nitrogens with zero attached hydrogens (tertiary/aromatic N) is 4. The first kappa shape index (κ1) is 15.3. The third-order valence-corrected chi connectivity index (χ3v) is 4.21. The number of amides is 2. The van der Waals surface area contributed by atoms with Crippen molar-refractivity contribution < 1.29 is 9.18 Å². The minimum absolute atomic E-state index is 0.233. The quantitative estimate of drug-likeness (QED) is 0.799. The summed E-state index contributed by atoms with van der Waals surface area (Å²) in [7, 11) is 0. The maximum absolute atomic E-state index is 13.4. The Labute approximate surface area is 143 Å². The summed E-state index contributed by atoms with van der Waals surface area (Å²) >= 11 is 0. The fourth-order valence-electron chi connectivity index (χ4n) is 2.91. The van der Waals surface area contributed by atoms with E-state index in [0.717, 1.165) is 23.4 Å². The van der Waals surface area contributed by atoms with E-state index in [1.54, 1.807) is 34.3 Å². The highest BCUT2D eigenvalue weighted by atomic mass is 19.1. The molecule has 2 amide bonds. The summed E-state index contributed by atoms with van der Waals surface area (Å²) in [5.74, 6) is 0.425. The third kappa shape index (κ3) is 3.08. The van der Waals surface area contributed by atoms with Crippen LogP contribution >= 0.6 is 0 Å². The number of pyridine rings is 1. The van der Waals surface area contributed by atoms with Gasteiger partial charge in [-0.1, -0.05) is 12.1 Å². The Morgan fingerprint density at radius 1 is 1.28 bits per heavy atom. The number of fused-ring (bicyclic) bond motifs is 1. The molecular formula is C18H16FN5O. The van der Waals surface area contributed by atoms with Gasteiger partial charge in [-0.3, -0.25) is 9.47 Å². The number of nitrogens with one attached hydrogen (secondary N) is 1. The highest BCUT2D eigenvalue weighted by molar-refractivity contribution is 5.94. The van der Waals surface area contributed by atoms with E-state index in [4.69, 9.17) is 0 Å².